The molecule has 1 aliphatic heterocycles. The molecule has 0 aromatic carbocycles. The molecule has 0 spiro atoms. The Labute approximate surface area is 182 Å². The van der Waals surface area contributed by atoms with Crippen molar-refractivity contribution in [3.8, 4) is 0 Å². The normalized spacial score (nSPS) is 18.2. The lowest BCUT2D eigenvalue weighted by atomic mass is 10.1. The zero-order valence-corrected chi connectivity index (χ0v) is 18.6. The number of nitrogens with one attached hydrogen (secondary N) is 1. The fourth-order valence-electron chi connectivity index (χ4n) is 4.56. The first-order valence-corrected chi connectivity index (χ1v) is 11.5. The average molecular weight is 422 g/mol. The van der Waals surface area contributed by atoms with Gasteiger partial charge in [0.05, 0.1) is 29.4 Å². The molecule has 3 aromatic heterocycles. The number of likely N-dealkylation sites (tertiary alicyclic amines) is 1. The van der Waals surface area contributed by atoms with Gasteiger partial charge in [0.25, 0.3) is 5.91 Å². The Hall–Kier alpha value is -2.74. The van der Waals surface area contributed by atoms with E-state index in [9.17, 15) is 4.79 Å². The number of anilines is 1. The van der Waals surface area contributed by atoms with Crippen LogP contribution in [0, 0.1) is 0 Å². The molecule has 3 aromatic rings. The number of hydrogen-bond acceptors (Lipinski definition) is 5. The Balaban J connectivity index is 1.44. The first-order valence-electron chi connectivity index (χ1n) is 11.5. The second kappa shape index (κ2) is 8.07. The third-order valence-corrected chi connectivity index (χ3v) is 6.58. The van der Waals surface area contributed by atoms with Crippen LogP contribution >= 0.6 is 0 Å². The van der Waals surface area contributed by atoms with Crippen molar-refractivity contribution in [2.24, 2.45) is 0 Å². The highest BCUT2D eigenvalue weighted by atomic mass is 16.1. The van der Waals surface area contributed by atoms with E-state index in [0.29, 0.717) is 17.5 Å². The largest absolute Gasteiger partial charge is 0.307 e. The number of fused-ring (bicyclic) bond motifs is 1. The third kappa shape index (κ3) is 3.84. The van der Waals surface area contributed by atoms with Crippen LogP contribution in [-0.4, -0.2) is 55.0 Å². The van der Waals surface area contributed by atoms with Crippen molar-refractivity contribution in [2.45, 2.75) is 64.5 Å². The van der Waals surface area contributed by atoms with E-state index >= 15 is 0 Å². The van der Waals surface area contributed by atoms with Gasteiger partial charge < -0.3 is 10.2 Å². The molecule has 0 atom stereocenters. The second-order valence-electron chi connectivity index (χ2n) is 9.07. The highest BCUT2D eigenvalue weighted by molar-refractivity contribution is 6.11. The predicted molar refractivity (Wildman–Crippen MR) is 120 cm³/mol. The number of hydrogen-bond donors (Lipinski definition) is 1. The summed E-state index contributed by atoms with van der Waals surface area (Å²) in [5, 5.41) is 13.0. The zero-order chi connectivity index (χ0) is 21.5. The molecule has 164 valence electrons. The van der Waals surface area contributed by atoms with Crippen LogP contribution in [0.1, 0.15) is 80.5 Å². The molecular formula is C23H31N7O. The Morgan fingerprint density at radius 3 is 2.65 bits per heavy atom. The zero-order valence-electron chi connectivity index (χ0n) is 18.6. The minimum Gasteiger partial charge on any atom is -0.307 e. The molecule has 1 N–H and O–H groups in total. The van der Waals surface area contributed by atoms with E-state index in [2.05, 4.69) is 41.2 Å². The van der Waals surface area contributed by atoms with Crippen molar-refractivity contribution in [3.05, 3.63) is 35.8 Å². The molecule has 1 aliphatic carbocycles. The molecule has 0 bridgehead atoms. The van der Waals surface area contributed by atoms with Gasteiger partial charge in [-0.2, -0.15) is 10.2 Å². The van der Waals surface area contributed by atoms with Crippen molar-refractivity contribution >= 4 is 22.8 Å². The molecule has 8 nitrogen and oxygen atoms in total. The highest BCUT2D eigenvalue weighted by Crippen LogP contribution is 2.40. The van der Waals surface area contributed by atoms with Crippen LogP contribution in [0.15, 0.2) is 24.5 Å². The average Bonchev–Trinajstić information content (AvgIpc) is 3.37. The summed E-state index contributed by atoms with van der Waals surface area (Å²) in [5.41, 5.74) is 2.44. The van der Waals surface area contributed by atoms with Crippen LogP contribution in [0.25, 0.3) is 11.0 Å². The van der Waals surface area contributed by atoms with Crippen molar-refractivity contribution in [3.63, 3.8) is 0 Å². The number of pyridine rings is 1. The predicted octanol–water partition coefficient (Wildman–Crippen LogP) is 4.00. The monoisotopic (exact) mass is 421 g/mol. The molecule has 5 rings (SSSR count). The van der Waals surface area contributed by atoms with E-state index in [1.165, 1.54) is 0 Å². The van der Waals surface area contributed by atoms with E-state index in [0.717, 1.165) is 67.9 Å². The minimum atomic E-state index is -0.120. The highest BCUT2D eigenvalue weighted by Gasteiger charge is 2.29. The number of carbonyl (C=O) groups is 1. The molecule has 2 fully saturated rings. The molecule has 2 aliphatic rings. The summed E-state index contributed by atoms with van der Waals surface area (Å²) in [6.07, 6.45) is 7.91. The number of amides is 1. The van der Waals surface area contributed by atoms with Crippen LogP contribution in [0.5, 0.6) is 0 Å². The van der Waals surface area contributed by atoms with Gasteiger partial charge in [-0.25, -0.2) is 14.3 Å². The van der Waals surface area contributed by atoms with Crippen LogP contribution in [0.2, 0.25) is 0 Å². The van der Waals surface area contributed by atoms with E-state index in [-0.39, 0.29) is 11.9 Å². The fraction of sp³-hybridized carbons (Fsp3) is 0.565. The van der Waals surface area contributed by atoms with E-state index in [1.807, 2.05) is 21.5 Å². The molecule has 1 amide bonds. The van der Waals surface area contributed by atoms with Crippen molar-refractivity contribution in [1.29, 1.82) is 0 Å². The smallest absolute Gasteiger partial charge is 0.257 e. The topological polar surface area (TPSA) is 80.9 Å². The van der Waals surface area contributed by atoms with E-state index in [1.54, 1.807) is 12.4 Å². The lowest BCUT2D eigenvalue weighted by Crippen LogP contribution is -2.35. The van der Waals surface area contributed by atoms with Gasteiger partial charge in [0.15, 0.2) is 5.65 Å². The maximum atomic E-state index is 13.4. The summed E-state index contributed by atoms with van der Waals surface area (Å²) in [4.78, 5) is 20.7. The third-order valence-electron chi connectivity index (χ3n) is 6.58. The van der Waals surface area contributed by atoms with Gasteiger partial charge in [-0.05, 0) is 52.1 Å². The van der Waals surface area contributed by atoms with Crippen molar-refractivity contribution in [2.75, 3.05) is 25.0 Å². The minimum absolute atomic E-state index is 0.120. The van der Waals surface area contributed by atoms with E-state index < -0.39 is 0 Å². The number of aromatic nitrogens is 5. The second-order valence-corrected chi connectivity index (χ2v) is 9.07. The van der Waals surface area contributed by atoms with Crippen molar-refractivity contribution < 1.29 is 4.79 Å². The standard InChI is InChI=1S/C23H31N7O/c1-4-28-11-8-17(9-12-28)30-21(7-10-24-30)27-23(31)18-13-20(16-5-6-16)26-22-19(18)14-25-29(22)15(2)3/h7,10,13-17H,4-6,8-9,11-12H2,1-3H3,(H,27,31). The van der Waals surface area contributed by atoms with Crippen LogP contribution < -0.4 is 5.32 Å². The van der Waals surface area contributed by atoms with Gasteiger partial charge >= 0.3 is 0 Å². The Bertz CT molecular complexity index is 1090. The molecule has 0 radical (unpaired) electrons. The van der Waals surface area contributed by atoms with Crippen LogP contribution in [-0.2, 0) is 0 Å². The maximum absolute atomic E-state index is 13.4. The van der Waals surface area contributed by atoms with Crippen molar-refractivity contribution in [1.82, 2.24) is 29.4 Å². The molecule has 31 heavy (non-hydrogen) atoms. The van der Waals surface area contributed by atoms with Gasteiger partial charge in [0.2, 0.25) is 0 Å². The van der Waals surface area contributed by atoms with Crippen LogP contribution in [0.3, 0.4) is 0 Å². The first-order chi connectivity index (χ1) is 15.0. The van der Waals surface area contributed by atoms with Gasteiger partial charge in [-0.15, -0.1) is 0 Å². The number of piperidine rings is 1. The molecular weight excluding hydrogens is 390 g/mol. The Morgan fingerprint density at radius 2 is 1.97 bits per heavy atom. The van der Waals surface area contributed by atoms with Gasteiger partial charge in [-0.1, -0.05) is 6.92 Å². The first kappa shape index (κ1) is 20.2. The molecule has 4 heterocycles. The van der Waals surface area contributed by atoms with E-state index in [4.69, 9.17) is 4.98 Å². The molecule has 8 heteroatoms. The van der Waals surface area contributed by atoms with Gasteiger partial charge in [0.1, 0.15) is 5.82 Å². The Morgan fingerprint density at radius 1 is 1.19 bits per heavy atom. The fourth-order valence-corrected chi connectivity index (χ4v) is 4.56. The summed E-state index contributed by atoms with van der Waals surface area (Å²) in [7, 11) is 0. The lowest BCUT2D eigenvalue weighted by Gasteiger charge is -2.31. The summed E-state index contributed by atoms with van der Waals surface area (Å²) >= 11 is 0. The van der Waals surface area contributed by atoms with Gasteiger partial charge in [-0.3, -0.25) is 4.79 Å². The quantitative estimate of drug-likeness (QED) is 0.651. The summed E-state index contributed by atoms with van der Waals surface area (Å²) in [5.74, 6) is 1.10. The Kier molecular flexibility index (Phi) is 5.25. The number of carbonyl (C=O) groups excluding carboxylic acids is 1. The number of rotatable bonds is 6. The number of nitrogens with zero attached hydrogens (tertiary/aromatic N) is 6. The van der Waals surface area contributed by atoms with Gasteiger partial charge in [0, 0.05) is 36.8 Å². The lowest BCUT2D eigenvalue weighted by molar-refractivity contribution is 0.102. The maximum Gasteiger partial charge on any atom is 0.257 e. The SMILES string of the molecule is CCN1CCC(n2nccc2NC(=O)c2cc(C3CC3)nc3c2cnn3C(C)C)CC1. The summed E-state index contributed by atoms with van der Waals surface area (Å²) in [6.45, 7) is 9.59. The summed E-state index contributed by atoms with van der Waals surface area (Å²) < 4.78 is 3.90. The molecule has 1 saturated heterocycles. The molecule has 0 unspecified atom stereocenters. The summed E-state index contributed by atoms with van der Waals surface area (Å²) in [6, 6.07) is 4.35. The van der Waals surface area contributed by atoms with Crippen LogP contribution in [0.4, 0.5) is 5.82 Å². The molecule has 1 saturated carbocycles.